The van der Waals surface area contributed by atoms with Gasteiger partial charge in [0.25, 0.3) is 0 Å². The molecular weight excluding hydrogens is 316 g/mol. The van der Waals surface area contributed by atoms with Crippen LogP contribution in [0, 0.1) is 6.07 Å². The van der Waals surface area contributed by atoms with Crippen LogP contribution < -0.4 is 0 Å². The number of benzene rings is 2. The van der Waals surface area contributed by atoms with Crippen LogP contribution in [0.1, 0.15) is 25.8 Å². The summed E-state index contributed by atoms with van der Waals surface area (Å²) in [5.41, 5.74) is 3.36. The molecule has 2 aromatic rings. The van der Waals surface area contributed by atoms with Crippen LogP contribution in [0.2, 0.25) is 0 Å². The van der Waals surface area contributed by atoms with Gasteiger partial charge in [0.1, 0.15) is 0 Å². The second-order valence-electron chi connectivity index (χ2n) is 5.73. The minimum Gasteiger partial charge on any atom is -0.378 e. The van der Waals surface area contributed by atoms with Gasteiger partial charge in [0.15, 0.2) is 5.78 Å². The van der Waals surface area contributed by atoms with E-state index in [1.165, 1.54) is 0 Å². The zero-order valence-corrected chi connectivity index (χ0v) is 15.3. The van der Waals surface area contributed by atoms with Crippen molar-refractivity contribution in [1.29, 1.82) is 0 Å². The van der Waals surface area contributed by atoms with E-state index >= 15 is 0 Å². The fourth-order valence-electron chi connectivity index (χ4n) is 2.45. The molecule has 2 nitrogen and oxygen atoms in total. The highest BCUT2D eigenvalue weighted by atomic mass is 32.2. The Morgan fingerprint density at radius 1 is 1.25 bits per heavy atom. The van der Waals surface area contributed by atoms with Gasteiger partial charge in [0.05, 0.1) is 12.7 Å². The van der Waals surface area contributed by atoms with Crippen LogP contribution in [0.25, 0.3) is 16.7 Å². The number of hydrogen-bond acceptors (Lipinski definition) is 3. The zero-order chi connectivity index (χ0) is 17.5. The van der Waals surface area contributed by atoms with Crippen LogP contribution >= 0.6 is 11.8 Å². The number of thioether (sulfide) groups is 1. The molecule has 3 heteroatoms. The van der Waals surface area contributed by atoms with Crippen molar-refractivity contribution < 1.29 is 9.53 Å². The van der Waals surface area contributed by atoms with Gasteiger partial charge >= 0.3 is 0 Å². The maximum atomic E-state index is 12.5. The number of allylic oxidation sites excluding steroid dienone is 1. The normalized spacial score (nSPS) is 10.8. The lowest BCUT2D eigenvalue weighted by molar-refractivity contribution is -0.115. The van der Waals surface area contributed by atoms with Gasteiger partial charge in [0, 0.05) is 16.9 Å². The van der Waals surface area contributed by atoms with Gasteiger partial charge in [-0.3, -0.25) is 4.79 Å². The first-order valence-corrected chi connectivity index (χ1v) is 9.25. The van der Waals surface area contributed by atoms with Crippen molar-refractivity contribution in [2.75, 3.05) is 12.9 Å². The third-order valence-corrected chi connectivity index (χ3v) is 4.47. The summed E-state index contributed by atoms with van der Waals surface area (Å²) in [6.07, 6.45) is 2.51. The largest absolute Gasteiger partial charge is 0.378 e. The molecule has 0 aromatic heterocycles. The molecule has 0 heterocycles. The first-order valence-electron chi connectivity index (χ1n) is 8.02. The van der Waals surface area contributed by atoms with Crippen LogP contribution in [0.4, 0.5) is 0 Å². The summed E-state index contributed by atoms with van der Waals surface area (Å²) in [5.74, 6) is 0.0122. The van der Waals surface area contributed by atoms with E-state index in [0.717, 1.165) is 21.6 Å². The molecule has 24 heavy (non-hydrogen) atoms. The fraction of sp³-hybridized carbons (Fsp3) is 0.286. The molecule has 1 radical (unpaired) electrons. The Balaban J connectivity index is 2.28. The van der Waals surface area contributed by atoms with Crippen LogP contribution in [0.5, 0.6) is 0 Å². The number of ketones is 1. The van der Waals surface area contributed by atoms with Gasteiger partial charge in [-0.05, 0) is 48.9 Å². The number of hydrogen-bond donors (Lipinski definition) is 0. The summed E-state index contributed by atoms with van der Waals surface area (Å²) in [6, 6.07) is 17.1. The van der Waals surface area contributed by atoms with Crippen molar-refractivity contribution in [1.82, 2.24) is 0 Å². The van der Waals surface area contributed by atoms with Crippen molar-refractivity contribution in [3.8, 4) is 11.1 Å². The summed E-state index contributed by atoms with van der Waals surface area (Å²) < 4.78 is 5.48. The lowest BCUT2D eigenvalue weighted by Crippen LogP contribution is -2.10. The lowest BCUT2D eigenvalue weighted by atomic mass is 9.92. The summed E-state index contributed by atoms with van der Waals surface area (Å²) in [4.78, 5) is 13.6. The highest BCUT2D eigenvalue weighted by Gasteiger charge is 2.16. The summed E-state index contributed by atoms with van der Waals surface area (Å²) in [7, 11) is 0. The third-order valence-electron chi connectivity index (χ3n) is 3.67. The average Bonchev–Trinajstić information content (AvgIpc) is 2.60. The van der Waals surface area contributed by atoms with Crippen LogP contribution in [0.3, 0.4) is 0 Å². The molecule has 0 spiro atoms. The predicted molar refractivity (Wildman–Crippen MR) is 102 cm³/mol. The van der Waals surface area contributed by atoms with Crippen LogP contribution in [-0.2, 0) is 9.53 Å². The molecule has 0 amide bonds. The Labute approximate surface area is 148 Å². The van der Waals surface area contributed by atoms with Crippen molar-refractivity contribution >= 4 is 23.1 Å². The van der Waals surface area contributed by atoms with E-state index in [1.807, 2.05) is 50.4 Å². The Hall–Kier alpha value is -1.84. The quantitative estimate of drug-likeness (QED) is 0.484. The van der Waals surface area contributed by atoms with Gasteiger partial charge in [-0.1, -0.05) is 43.0 Å². The van der Waals surface area contributed by atoms with E-state index in [0.29, 0.717) is 18.6 Å². The molecule has 2 aromatic carbocycles. The molecule has 0 aliphatic heterocycles. The molecule has 2 rings (SSSR count). The van der Waals surface area contributed by atoms with Gasteiger partial charge in [-0.2, -0.15) is 0 Å². The smallest absolute Gasteiger partial charge is 0.165 e. The Morgan fingerprint density at radius 3 is 2.71 bits per heavy atom. The third kappa shape index (κ3) is 4.59. The fourth-order valence-corrected chi connectivity index (χ4v) is 3.06. The molecule has 0 aliphatic rings. The molecule has 0 N–H and O–H groups in total. The molecule has 0 atom stereocenters. The number of carbonyl (C=O) groups is 1. The SMILES string of the molecule is C=C(C(=O)CCOC(C)C)c1ccc[c]c1-c1ccccc1SC. The molecule has 125 valence electrons. The molecule has 0 fully saturated rings. The number of Topliss-reactive ketones (excluding diaryl/α,β-unsaturated/α-hetero) is 1. The van der Waals surface area contributed by atoms with Crippen molar-refractivity contribution in [3.63, 3.8) is 0 Å². The molecule has 0 aliphatic carbocycles. The van der Waals surface area contributed by atoms with E-state index in [1.54, 1.807) is 11.8 Å². The van der Waals surface area contributed by atoms with Crippen LogP contribution in [-0.4, -0.2) is 24.7 Å². The molecule has 0 saturated heterocycles. The van der Waals surface area contributed by atoms with Gasteiger partial charge in [0.2, 0.25) is 0 Å². The Morgan fingerprint density at radius 2 is 2.00 bits per heavy atom. The first kappa shape index (κ1) is 18.5. The minimum atomic E-state index is 0.0122. The summed E-state index contributed by atoms with van der Waals surface area (Å²) >= 11 is 1.68. The highest BCUT2D eigenvalue weighted by Crippen LogP contribution is 2.34. The number of rotatable bonds is 8. The zero-order valence-electron chi connectivity index (χ0n) is 14.5. The monoisotopic (exact) mass is 339 g/mol. The van der Waals surface area contributed by atoms with E-state index in [4.69, 9.17) is 4.74 Å². The minimum absolute atomic E-state index is 0.0122. The van der Waals surface area contributed by atoms with Crippen LogP contribution in [0.15, 0.2) is 53.9 Å². The van der Waals surface area contributed by atoms with Crippen molar-refractivity contribution in [2.24, 2.45) is 0 Å². The first-order chi connectivity index (χ1) is 11.5. The van der Waals surface area contributed by atoms with Gasteiger partial charge in [-0.15, -0.1) is 11.8 Å². The van der Waals surface area contributed by atoms with E-state index in [-0.39, 0.29) is 11.9 Å². The second kappa shape index (κ2) is 8.86. The summed E-state index contributed by atoms with van der Waals surface area (Å²) in [5, 5.41) is 0. The van der Waals surface area contributed by atoms with Gasteiger partial charge < -0.3 is 4.74 Å². The van der Waals surface area contributed by atoms with Gasteiger partial charge in [-0.25, -0.2) is 0 Å². The molecule has 0 bridgehead atoms. The van der Waals surface area contributed by atoms with E-state index < -0.39 is 0 Å². The molecular formula is C21H23O2S. The maximum Gasteiger partial charge on any atom is 0.165 e. The topological polar surface area (TPSA) is 26.3 Å². The highest BCUT2D eigenvalue weighted by molar-refractivity contribution is 7.98. The number of ether oxygens (including phenoxy) is 1. The average molecular weight is 339 g/mol. The second-order valence-corrected chi connectivity index (χ2v) is 6.58. The summed E-state index contributed by atoms with van der Waals surface area (Å²) in [6.45, 7) is 8.37. The molecule has 0 unspecified atom stereocenters. The maximum absolute atomic E-state index is 12.5. The van der Waals surface area contributed by atoms with Crippen molar-refractivity contribution in [2.45, 2.75) is 31.3 Å². The van der Waals surface area contributed by atoms with E-state index in [2.05, 4.69) is 24.8 Å². The molecule has 0 saturated carbocycles. The predicted octanol–water partition coefficient (Wildman–Crippen LogP) is 5.27. The number of carbonyl (C=O) groups excluding carboxylic acids is 1. The van der Waals surface area contributed by atoms with E-state index in [9.17, 15) is 4.79 Å². The standard InChI is InChI=1S/C21H23O2S/c1-15(2)23-14-13-20(22)16(3)17-9-5-6-10-18(17)19-11-7-8-12-21(19)24-4/h5-9,11-12,15H,3,13-14H2,1-2,4H3. The Bertz CT molecular complexity index is 719. The van der Waals surface area contributed by atoms with Crippen molar-refractivity contribution in [3.05, 3.63) is 60.7 Å². The Kier molecular flexibility index (Phi) is 6.83. The lowest BCUT2D eigenvalue weighted by Gasteiger charge is -2.14.